The molecule has 1 aliphatic heterocycles. The molecule has 1 aromatic carbocycles. The third kappa shape index (κ3) is 3.23. The number of rotatable bonds is 2. The molecular weight excluding hydrogens is 271 g/mol. The number of benzene rings is 1. The Labute approximate surface area is 115 Å². The van der Waals surface area contributed by atoms with Gasteiger partial charge in [0.2, 0.25) is 5.91 Å². The molecule has 0 saturated carbocycles. The lowest BCUT2D eigenvalue weighted by Crippen LogP contribution is -2.50. The van der Waals surface area contributed by atoms with Crippen LogP contribution in [0.5, 0.6) is 0 Å². The Balaban J connectivity index is 1.96. The predicted octanol–water partition coefficient (Wildman–Crippen LogP) is 1.35. The Morgan fingerprint density at radius 2 is 1.58 bits per heavy atom. The van der Waals surface area contributed by atoms with E-state index in [0.717, 1.165) is 0 Å². The molecule has 0 N–H and O–H groups in total. The van der Waals surface area contributed by atoms with E-state index in [1.807, 2.05) is 0 Å². The molecule has 1 aliphatic rings. The first kappa shape index (κ1) is 13.8. The molecule has 0 radical (unpaired) electrons. The first-order valence-electron chi connectivity index (χ1n) is 6.00. The highest BCUT2D eigenvalue weighted by molar-refractivity contribution is 6.27. The van der Waals surface area contributed by atoms with E-state index >= 15 is 0 Å². The first-order valence-corrected chi connectivity index (χ1v) is 6.54. The fraction of sp³-hybridized carbons (Fsp3) is 0.385. The number of halogens is 2. The van der Waals surface area contributed by atoms with Crippen LogP contribution in [-0.4, -0.2) is 53.7 Å². The van der Waals surface area contributed by atoms with Crippen LogP contribution in [0.3, 0.4) is 0 Å². The predicted molar refractivity (Wildman–Crippen MR) is 69.6 cm³/mol. The standard InChI is InChI=1S/C13H14ClFN2O2/c14-9-12(18)16-5-7-17(8-6-16)13(19)10-1-3-11(15)4-2-10/h1-4H,5-9H2. The summed E-state index contributed by atoms with van der Waals surface area (Å²) in [6.07, 6.45) is 0. The van der Waals surface area contributed by atoms with Crippen LogP contribution < -0.4 is 0 Å². The molecule has 0 unspecified atom stereocenters. The SMILES string of the molecule is O=C(CCl)N1CCN(C(=O)c2ccc(F)cc2)CC1. The highest BCUT2D eigenvalue weighted by Crippen LogP contribution is 2.10. The zero-order chi connectivity index (χ0) is 13.8. The Morgan fingerprint density at radius 3 is 2.11 bits per heavy atom. The highest BCUT2D eigenvalue weighted by atomic mass is 35.5. The first-order chi connectivity index (χ1) is 9.11. The fourth-order valence-corrected chi connectivity index (χ4v) is 2.19. The molecule has 1 saturated heterocycles. The van der Waals surface area contributed by atoms with Gasteiger partial charge in [-0.3, -0.25) is 9.59 Å². The molecule has 19 heavy (non-hydrogen) atoms. The Kier molecular flexibility index (Phi) is 4.37. The number of nitrogens with zero attached hydrogens (tertiary/aromatic N) is 2. The summed E-state index contributed by atoms with van der Waals surface area (Å²) < 4.78 is 12.8. The van der Waals surface area contributed by atoms with Crippen molar-refractivity contribution in [2.24, 2.45) is 0 Å². The molecule has 6 heteroatoms. The Hall–Kier alpha value is -1.62. The largest absolute Gasteiger partial charge is 0.338 e. The second-order valence-electron chi connectivity index (χ2n) is 4.31. The monoisotopic (exact) mass is 284 g/mol. The Morgan fingerprint density at radius 1 is 1.05 bits per heavy atom. The summed E-state index contributed by atoms with van der Waals surface area (Å²) in [5, 5.41) is 0. The number of hydrogen-bond acceptors (Lipinski definition) is 2. The van der Waals surface area contributed by atoms with Crippen molar-refractivity contribution in [3.63, 3.8) is 0 Å². The number of hydrogen-bond donors (Lipinski definition) is 0. The van der Waals surface area contributed by atoms with E-state index in [4.69, 9.17) is 11.6 Å². The second-order valence-corrected chi connectivity index (χ2v) is 4.58. The van der Waals surface area contributed by atoms with Gasteiger partial charge in [0.1, 0.15) is 11.7 Å². The third-order valence-electron chi connectivity index (χ3n) is 3.13. The zero-order valence-corrected chi connectivity index (χ0v) is 11.1. The van der Waals surface area contributed by atoms with E-state index in [1.54, 1.807) is 9.80 Å². The van der Waals surface area contributed by atoms with Crippen LogP contribution in [0.15, 0.2) is 24.3 Å². The minimum absolute atomic E-state index is 0.0358. The van der Waals surface area contributed by atoms with Crippen LogP contribution in [0.4, 0.5) is 4.39 Å². The van der Waals surface area contributed by atoms with E-state index in [-0.39, 0.29) is 23.5 Å². The summed E-state index contributed by atoms with van der Waals surface area (Å²) in [5.41, 5.74) is 0.457. The summed E-state index contributed by atoms with van der Waals surface area (Å²) >= 11 is 5.49. The molecule has 0 aliphatic carbocycles. The molecule has 0 bridgehead atoms. The minimum atomic E-state index is -0.367. The lowest BCUT2D eigenvalue weighted by Gasteiger charge is -2.34. The quantitative estimate of drug-likeness (QED) is 0.769. The van der Waals surface area contributed by atoms with Gasteiger partial charge >= 0.3 is 0 Å². The average molecular weight is 285 g/mol. The maximum atomic E-state index is 12.8. The number of carbonyl (C=O) groups is 2. The van der Waals surface area contributed by atoms with Crippen molar-refractivity contribution in [3.8, 4) is 0 Å². The molecule has 1 fully saturated rings. The molecule has 1 heterocycles. The average Bonchev–Trinajstić information content (AvgIpc) is 2.46. The molecular formula is C13H14ClFN2O2. The topological polar surface area (TPSA) is 40.6 Å². The summed E-state index contributed by atoms with van der Waals surface area (Å²) in [5.74, 6) is -0.658. The smallest absolute Gasteiger partial charge is 0.253 e. The van der Waals surface area contributed by atoms with Gasteiger partial charge in [-0.15, -0.1) is 11.6 Å². The van der Waals surface area contributed by atoms with Gasteiger partial charge < -0.3 is 9.80 Å². The van der Waals surface area contributed by atoms with Crippen molar-refractivity contribution >= 4 is 23.4 Å². The minimum Gasteiger partial charge on any atom is -0.338 e. The van der Waals surface area contributed by atoms with Crippen LogP contribution >= 0.6 is 11.6 Å². The normalized spacial score (nSPS) is 15.5. The maximum Gasteiger partial charge on any atom is 0.253 e. The third-order valence-corrected chi connectivity index (χ3v) is 3.35. The molecule has 1 aromatic rings. The lowest BCUT2D eigenvalue weighted by molar-refractivity contribution is -0.129. The van der Waals surface area contributed by atoms with Crippen molar-refractivity contribution in [2.45, 2.75) is 0 Å². The summed E-state index contributed by atoms with van der Waals surface area (Å²) in [6, 6.07) is 5.46. The number of amides is 2. The van der Waals surface area contributed by atoms with Gasteiger partial charge in [0.05, 0.1) is 0 Å². The molecule has 0 spiro atoms. The van der Waals surface area contributed by atoms with Gasteiger partial charge in [-0.2, -0.15) is 0 Å². The van der Waals surface area contributed by atoms with Crippen LogP contribution in [0, 0.1) is 5.82 Å². The van der Waals surface area contributed by atoms with Crippen molar-refractivity contribution < 1.29 is 14.0 Å². The van der Waals surface area contributed by atoms with Crippen LogP contribution in [0.25, 0.3) is 0 Å². The van der Waals surface area contributed by atoms with Crippen molar-refractivity contribution in [3.05, 3.63) is 35.6 Å². The van der Waals surface area contributed by atoms with Crippen molar-refractivity contribution in [1.82, 2.24) is 9.80 Å². The van der Waals surface area contributed by atoms with Gasteiger partial charge in [0, 0.05) is 31.7 Å². The molecule has 4 nitrogen and oxygen atoms in total. The maximum absolute atomic E-state index is 12.8. The van der Waals surface area contributed by atoms with E-state index in [0.29, 0.717) is 31.7 Å². The van der Waals surface area contributed by atoms with Crippen molar-refractivity contribution in [2.75, 3.05) is 32.1 Å². The second kappa shape index (κ2) is 6.02. The number of piperazine rings is 1. The van der Waals surface area contributed by atoms with Crippen LogP contribution in [0.1, 0.15) is 10.4 Å². The molecule has 2 amide bonds. The van der Waals surface area contributed by atoms with E-state index < -0.39 is 0 Å². The van der Waals surface area contributed by atoms with Gasteiger partial charge in [-0.25, -0.2) is 4.39 Å². The fourth-order valence-electron chi connectivity index (χ4n) is 2.02. The van der Waals surface area contributed by atoms with E-state index in [1.165, 1.54) is 24.3 Å². The summed E-state index contributed by atoms with van der Waals surface area (Å²) in [7, 11) is 0. The lowest BCUT2D eigenvalue weighted by atomic mass is 10.2. The van der Waals surface area contributed by atoms with Crippen molar-refractivity contribution in [1.29, 1.82) is 0 Å². The molecule has 2 rings (SSSR count). The van der Waals surface area contributed by atoms with E-state index in [9.17, 15) is 14.0 Å². The molecule has 102 valence electrons. The van der Waals surface area contributed by atoms with Gasteiger partial charge in [-0.1, -0.05) is 0 Å². The van der Waals surface area contributed by atoms with Crippen LogP contribution in [-0.2, 0) is 4.79 Å². The summed E-state index contributed by atoms with van der Waals surface area (Å²) in [6.45, 7) is 1.91. The Bertz CT molecular complexity index is 470. The van der Waals surface area contributed by atoms with Gasteiger partial charge in [0.15, 0.2) is 0 Å². The highest BCUT2D eigenvalue weighted by Gasteiger charge is 2.24. The van der Waals surface area contributed by atoms with Gasteiger partial charge in [0.25, 0.3) is 5.91 Å². The number of carbonyl (C=O) groups excluding carboxylic acids is 2. The van der Waals surface area contributed by atoms with Crippen LogP contribution in [0.2, 0.25) is 0 Å². The van der Waals surface area contributed by atoms with Gasteiger partial charge in [-0.05, 0) is 24.3 Å². The molecule has 0 aromatic heterocycles. The number of alkyl halides is 1. The molecule has 0 atom stereocenters. The van der Waals surface area contributed by atoms with E-state index in [2.05, 4.69) is 0 Å². The summed E-state index contributed by atoms with van der Waals surface area (Å²) in [4.78, 5) is 26.8. The zero-order valence-electron chi connectivity index (χ0n) is 10.3.